The summed E-state index contributed by atoms with van der Waals surface area (Å²) in [6, 6.07) is 1.77. The van der Waals surface area contributed by atoms with Crippen molar-refractivity contribution in [1.82, 2.24) is 9.88 Å². The average Bonchev–Trinajstić information content (AvgIpc) is 3.41. The Bertz CT molecular complexity index is 903. The second-order valence-electron chi connectivity index (χ2n) is 9.37. The van der Waals surface area contributed by atoms with E-state index in [4.69, 9.17) is 20.9 Å². The van der Waals surface area contributed by atoms with Crippen LogP contribution >= 0.6 is 0 Å². The predicted molar refractivity (Wildman–Crippen MR) is 120 cm³/mol. The van der Waals surface area contributed by atoms with Crippen LogP contribution in [0.1, 0.15) is 45.1 Å². The number of nitrogens with two attached hydrogens (primary N) is 1. The molecule has 0 bridgehead atoms. The molecule has 1 saturated carbocycles. The molecule has 0 amide bonds. The highest BCUT2D eigenvalue weighted by molar-refractivity contribution is 6.12. The van der Waals surface area contributed by atoms with Crippen LogP contribution in [-0.2, 0) is 4.74 Å². The second kappa shape index (κ2) is 9.58. The summed E-state index contributed by atoms with van der Waals surface area (Å²) in [6.45, 7) is 7.84. The third kappa shape index (κ3) is 5.66. The molecule has 3 fully saturated rings. The van der Waals surface area contributed by atoms with Crippen LogP contribution in [-0.4, -0.2) is 66.1 Å². The molecule has 3 heterocycles. The quantitative estimate of drug-likeness (QED) is 0.565. The monoisotopic (exact) mass is 467 g/mol. The number of anilines is 1. The van der Waals surface area contributed by atoms with Crippen LogP contribution in [0.2, 0.25) is 0 Å². The first kappa shape index (κ1) is 23.9. The number of fused-ring (bicyclic) bond motifs is 1. The van der Waals surface area contributed by atoms with Gasteiger partial charge >= 0.3 is 6.36 Å². The maximum Gasteiger partial charge on any atom is 0.573 e. The molecule has 1 aromatic rings. The van der Waals surface area contributed by atoms with Gasteiger partial charge in [0.1, 0.15) is 0 Å². The smallest absolute Gasteiger partial charge is 0.402 e. The summed E-state index contributed by atoms with van der Waals surface area (Å²) in [5.41, 5.74) is 6.95. The van der Waals surface area contributed by atoms with Crippen molar-refractivity contribution in [1.29, 1.82) is 5.41 Å². The van der Waals surface area contributed by atoms with Gasteiger partial charge in [-0.05, 0) is 50.6 Å². The van der Waals surface area contributed by atoms with Crippen LogP contribution in [0.25, 0.3) is 0 Å². The maximum absolute atomic E-state index is 12.7. The summed E-state index contributed by atoms with van der Waals surface area (Å²) in [7, 11) is 0. The topological polar surface area (TPSA) is 96.8 Å². The number of aliphatic imine (C=N–C) groups is 1. The van der Waals surface area contributed by atoms with Gasteiger partial charge in [-0.1, -0.05) is 6.92 Å². The Morgan fingerprint density at radius 3 is 2.79 bits per heavy atom. The van der Waals surface area contributed by atoms with E-state index in [9.17, 15) is 13.2 Å². The zero-order chi connectivity index (χ0) is 23.8. The maximum atomic E-state index is 12.7. The van der Waals surface area contributed by atoms with Gasteiger partial charge in [0.15, 0.2) is 11.6 Å². The fourth-order valence-corrected chi connectivity index (χ4v) is 4.97. The summed E-state index contributed by atoms with van der Waals surface area (Å²) in [4.78, 5) is 11.3. The van der Waals surface area contributed by atoms with Gasteiger partial charge in [0, 0.05) is 48.1 Å². The third-order valence-electron chi connectivity index (χ3n) is 7.07. The normalized spacial score (nSPS) is 27.3. The zero-order valence-corrected chi connectivity index (χ0v) is 19.1. The SMILES string of the molecule is CCC(C)N=C(CC(=N)c1cnc(N)c(OC(F)(F)F)c1)C1C2CCCN(C3COC3)CC21. The number of nitrogens with zero attached hydrogens (tertiary/aromatic N) is 3. The minimum Gasteiger partial charge on any atom is -0.402 e. The highest BCUT2D eigenvalue weighted by Gasteiger charge is 2.54. The number of nitrogen functional groups attached to an aromatic ring is 1. The van der Waals surface area contributed by atoms with Gasteiger partial charge < -0.3 is 20.6 Å². The average molecular weight is 468 g/mol. The van der Waals surface area contributed by atoms with Gasteiger partial charge in [-0.15, -0.1) is 13.2 Å². The van der Waals surface area contributed by atoms with Crippen LogP contribution in [0, 0.1) is 23.2 Å². The fraction of sp³-hybridized carbons (Fsp3) is 0.696. The van der Waals surface area contributed by atoms with Crippen molar-refractivity contribution < 1.29 is 22.6 Å². The van der Waals surface area contributed by atoms with E-state index in [1.165, 1.54) is 6.20 Å². The molecular formula is C23H32F3N5O2. The summed E-state index contributed by atoms with van der Waals surface area (Å²) >= 11 is 0. The Kier molecular flexibility index (Phi) is 6.95. The standard InChI is InChI=1S/C23H32F3N5O2/c1-3-13(2)30-19(21-16-5-4-6-31(10-17(16)21)15-11-32-12-15)8-18(27)14-7-20(22(28)29-9-14)33-23(24,25)26/h7,9,13,15-17,21,27H,3-6,8,10-12H2,1-2H3,(H2,28,29). The van der Waals surface area contributed by atoms with E-state index in [0.717, 1.165) is 57.3 Å². The minimum absolute atomic E-state index is 0.127. The molecular weight excluding hydrogens is 435 g/mol. The molecule has 4 rings (SSSR count). The molecule has 0 radical (unpaired) electrons. The summed E-state index contributed by atoms with van der Waals surface area (Å²) in [6.07, 6.45) is -0.102. The third-order valence-corrected chi connectivity index (χ3v) is 7.07. The highest BCUT2D eigenvalue weighted by Crippen LogP contribution is 2.53. The number of nitrogens with one attached hydrogen (secondary N) is 1. The number of rotatable bonds is 8. The van der Waals surface area contributed by atoms with Crippen LogP contribution in [0.5, 0.6) is 5.75 Å². The lowest BCUT2D eigenvalue weighted by atomic mass is 10.00. The number of aromatic nitrogens is 1. The summed E-state index contributed by atoms with van der Waals surface area (Å²) in [5.74, 6) is 0.440. The summed E-state index contributed by atoms with van der Waals surface area (Å²) in [5, 5.41) is 8.61. The van der Waals surface area contributed by atoms with Crippen molar-refractivity contribution >= 4 is 17.2 Å². The van der Waals surface area contributed by atoms with Crippen molar-refractivity contribution in [2.24, 2.45) is 22.7 Å². The lowest BCUT2D eigenvalue weighted by Crippen LogP contribution is -2.50. The fourth-order valence-electron chi connectivity index (χ4n) is 4.97. The lowest BCUT2D eigenvalue weighted by molar-refractivity contribution is -0.274. The summed E-state index contributed by atoms with van der Waals surface area (Å²) < 4.78 is 47.4. The Balaban J connectivity index is 1.50. The zero-order valence-electron chi connectivity index (χ0n) is 19.1. The Labute approximate surface area is 192 Å². The first-order chi connectivity index (χ1) is 15.7. The molecule has 3 aliphatic rings. The van der Waals surface area contributed by atoms with Crippen molar-refractivity contribution in [3.63, 3.8) is 0 Å². The largest absolute Gasteiger partial charge is 0.573 e. The number of alkyl halides is 3. The van der Waals surface area contributed by atoms with Crippen LogP contribution < -0.4 is 10.5 Å². The number of likely N-dealkylation sites (tertiary alicyclic amines) is 1. The van der Waals surface area contributed by atoms with Crippen LogP contribution in [0.3, 0.4) is 0 Å². The van der Waals surface area contributed by atoms with E-state index in [2.05, 4.69) is 28.5 Å². The molecule has 2 aliphatic heterocycles. The van der Waals surface area contributed by atoms with E-state index < -0.39 is 12.1 Å². The molecule has 0 spiro atoms. The number of pyridine rings is 1. The van der Waals surface area contributed by atoms with E-state index in [1.807, 2.05) is 0 Å². The predicted octanol–water partition coefficient (Wildman–Crippen LogP) is 3.92. The number of hydrogen-bond acceptors (Lipinski definition) is 7. The van der Waals surface area contributed by atoms with Gasteiger partial charge in [-0.25, -0.2) is 4.98 Å². The molecule has 4 unspecified atom stereocenters. The Morgan fingerprint density at radius 1 is 1.39 bits per heavy atom. The van der Waals surface area contributed by atoms with Gasteiger partial charge in [-0.3, -0.25) is 9.89 Å². The molecule has 0 aromatic carbocycles. The van der Waals surface area contributed by atoms with E-state index in [-0.39, 0.29) is 29.6 Å². The van der Waals surface area contributed by atoms with Crippen LogP contribution in [0.4, 0.5) is 19.0 Å². The first-order valence-corrected chi connectivity index (χ1v) is 11.6. The Morgan fingerprint density at radius 2 is 2.15 bits per heavy atom. The molecule has 182 valence electrons. The van der Waals surface area contributed by atoms with Gasteiger partial charge in [0.05, 0.1) is 19.3 Å². The van der Waals surface area contributed by atoms with Gasteiger partial charge in [0.25, 0.3) is 0 Å². The first-order valence-electron chi connectivity index (χ1n) is 11.6. The second-order valence-corrected chi connectivity index (χ2v) is 9.37. The van der Waals surface area contributed by atoms with E-state index in [0.29, 0.717) is 23.8 Å². The lowest BCUT2D eigenvalue weighted by Gasteiger charge is -2.37. The van der Waals surface area contributed by atoms with Crippen LogP contribution in [0.15, 0.2) is 17.3 Å². The molecule has 2 saturated heterocycles. The van der Waals surface area contributed by atoms with Gasteiger partial charge in [-0.2, -0.15) is 0 Å². The molecule has 3 N–H and O–H groups in total. The molecule has 1 aromatic heterocycles. The van der Waals surface area contributed by atoms with E-state index >= 15 is 0 Å². The minimum atomic E-state index is -4.88. The van der Waals surface area contributed by atoms with Crippen molar-refractivity contribution in [2.45, 2.75) is 58.0 Å². The van der Waals surface area contributed by atoms with Crippen molar-refractivity contribution in [3.8, 4) is 5.75 Å². The number of halogens is 3. The number of ether oxygens (including phenoxy) is 2. The van der Waals surface area contributed by atoms with Crippen molar-refractivity contribution in [2.75, 3.05) is 32.0 Å². The van der Waals surface area contributed by atoms with Gasteiger partial charge in [0.2, 0.25) is 0 Å². The molecule has 4 atom stereocenters. The molecule has 33 heavy (non-hydrogen) atoms. The highest BCUT2D eigenvalue weighted by atomic mass is 19.4. The molecule has 10 heteroatoms. The molecule has 7 nitrogen and oxygen atoms in total. The number of hydrogen-bond donors (Lipinski definition) is 2. The Hall–Kier alpha value is -2.20. The molecule has 1 aliphatic carbocycles. The van der Waals surface area contributed by atoms with E-state index in [1.54, 1.807) is 0 Å². The van der Waals surface area contributed by atoms with Crippen molar-refractivity contribution in [3.05, 3.63) is 17.8 Å².